The van der Waals surface area contributed by atoms with Gasteiger partial charge in [-0.1, -0.05) is 146 Å². The van der Waals surface area contributed by atoms with Crippen LogP contribution in [0.1, 0.15) is 0 Å². The summed E-state index contributed by atoms with van der Waals surface area (Å²) >= 11 is 0. The third-order valence-electron chi connectivity index (χ3n) is 10.8. The van der Waals surface area contributed by atoms with Gasteiger partial charge < -0.3 is 8.98 Å². The zero-order chi connectivity index (χ0) is 35.6. The maximum atomic E-state index is 6.94. The first kappa shape index (κ1) is 30.4. The second-order valence-electron chi connectivity index (χ2n) is 13.9. The Balaban J connectivity index is 1.18. The third-order valence-corrected chi connectivity index (χ3v) is 10.8. The van der Waals surface area contributed by atoms with Crippen LogP contribution >= 0.6 is 0 Å². The zero-order valence-electron chi connectivity index (χ0n) is 29.3. The maximum Gasteiger partial charge on any atom is 0.159 e. The minimum Gasteiger partial charge on any atom is -0.454 e. The van der Waals surface area contributed by atoms with Gasteiger partial charge in [-0.3, -0.25) is 0 Å². The highest BCUT2D eigenvalue weighted by Gasteiger charge is 2.21. The number of nitrogens with zero attached hydrogens (tertiary/aromatic N) is 2. The van der Waals surface area contributed by atoms with Crippen LogP contribution < -0.4 is 0 Å². The Bertz CT molecular complexity index is 3100. The number of hydrogen-bond acceptors (Lipinski definition) is 2. The molecule has 0 aliphatic heterocycles. The predicted molar refractivity (Wildman–Crippen MR) is 225 cm³/mol. The van der Waals surface area contributed by atoms with E-state index in [0.29, 0.717) is 0 Å². The highest BCUT2D eigenvalue weighted by molar-refractivity contribution is 6.18. The summed E-state index contributed by atoms with van der Waals surface area (Å²) in [5.74, 6) is 0. The fourth-order valence-electron chi connectivity index (χ4n) is 8.29. The van der Waals surface area contributed by atoms with Crippen molar-refractivity contribution in [3.8, 4) is 50.3 Å². The first-order chi connectivity index (χ1) is 26.8. The van der Waals surface area contributed by atoms with Crippen LogP contribution in [0.3, 0.4) is 0 Å². The fraction of sp³-hybridized carbons (Fsp3) is 0. The van der Waals surface area contributed by atoms with Gasteiger partial charge in [-0.25, -0.2) is 4.98 Å². The molecule has 11 aromatic rings. The summed E-state index contributed by atoms with van der Waals surface area (Å²) in [5, 5.41) is 5.70. The molecule has 0 bridgehead atoms. The molecule has 0 spiro atoms. The van der Waals surface area contributed by atoms with Gasteiger partial charge >= 0.3 is 0 Å². The number of fused-ring (bicyclic) bond motifs is 7. The minimum atomic E-state index is 0.857. The molecule has 252 valence electrons. The van der Waals surface area contributed by atoms with Gasteiger partial charge in [0.2, 0.25) is 0 Å². The van der Waals surface area contributed by atoms with E-state index >= 15 is 0 Å². The van der Waals surface area contributed by atoms with E-state index in [1.807, 2.05) is 6.07 Å². The molecule has 0 unspecified atom stereocenters. The van der Waals surface area contributed by atoms with Crippen LogP contribution in [0, 0.1) is 0 Å². The van der Waals surface area contributed by atoms with Crippen LogP contribution in [-0.4, -0.2) is 9.55 Å². The van der Waals surface area contributed by atoms with E-state index in [9.17, 15) is 0 Å². The van der Waals surface area contributed by atoms with Crippen molar-refractivity contribution in [2.45, 2.75) is 0 Å². The smallest absolute Gasteiger partial charge is 0.159 e. The summed E-state index contributed by atoms with van der Waals surface area (Å²) in [6, 6.07) is 69.0. The molecule has 3 nitrogen and oxygen atoms in total. The van der Waals surface area contributed by atoms with E-state index < -0.39 is 0 Å². The lowest BCUT2D eigenvalue weighted by molar-refractivity contribution is 0.666. The molecular formula is C51H32N2O. The van der Waals surface area contributed by atoms with Crippen LogP contribution in [0.25, 0.3) is 105 Å². The van der Waals surface area contributed by atoms with Crippen molar-refractivity contribution < 1.29 is 4.42 Å². The molecule has 8 aromatic carbocycles. The molecule has 0 atom stereocenters. The summed E-state index contributed by atoms with van der Waals surface area (Å²) in [4.78, 5) is 5.09. The molecule has 0 aliphatic rings. The second-order valence-corrected chi connectivity index (χ2v) is 13.9. The van der Waals surface area contributed by atoms with E-state index in [1.165, 1.54) is 33.0 Å². The summed E-state index contributed by atoms with van der Waals surface area (Å²) < 4.78 is 9.33. The second kappa shape index (κ2) is 12.2. The van der Waals surface area contributed by atoms with Crippen molar-refractivity contribution in [2.75, 3.05) is 0 Å². The first-order valence-corrected chi connectivity index (χ1v) is 18.4. The highest BCUT2D eigenvalue weighted by atomic mass is 16.3. The standard InChI is InChI=1S/C51H32N2O/c1-4-14-33(15-5-1)36-26-28-46-42(30-36)43-31-37(34-16-6-2-7-17-34)27-29-47(43)53(46)48-24-12-22-40-50-39(21-13-25-49(50)54-51(40)48)41-32-45(35-18-8-3-9-19-35)52-44-23-11-10-20-38(41)44/h1-32H. The molecule has 0 N–H and O–H groups in total. The Labute approximate surface area is 312 Å². The van der Waals surface area contributed by atoms with Gasteiger partial charge in [-0.15, -0.1) is 0 Å². The lowest BCUT2D eigenvalue weighted by atomic mass is 9.94. The predicted octanol–water partition coefficient (Wildman–Crippen LogP) is 13.9. The number of hydrogen-bond donors (Lipinski definition) is 0. The zero-order valence-corrected chi connectivity index (χ0v) is 29.3. The third kappa shape index (κ3) is 4.79. The summed E-state index contributed by atoms with van der Waals surface area (Å²) in [5.41, 5.74) is 15.1. The molecule has 54 heavy (non-hydrogen) atoms. The van der Waals surface area contributed by atoms with Gasteiger partial charge in [0.1, 0.15) is 5.58 Å². The first-order valence-electron chi connectivity index (χ1n) is 18.4. The Hall–Kier alpha value is -7.23. The average molecular weight is 689 g/mol. The van der Waals surface area contributed by atoms with E-state index in [0.717, 1.165) is 71.9 Å². The molecule has 3 aromatic heterocycles. The molecule has 0 amide bonds. The van der Waals surface area contributed by atoms with Crippen molar-refractivity contribution in [2.24, 2.45) is 0 Å². The van der Waals surface area contributed by atoms with Crippen LogP contribution in [0.4, 0.5) is 0 Å². The average Bonchev–Trinajstić information content (AvgIpc) is 3.80. The molecule has 0 radical (unpaired) electrons. The lowest BCUT2D eigenvalue weighted by Gasteiger charge is -2.12. The number of pyridine rings is 1. The van der Waals surface area contributed by atoms with E-state index in [4.69, 9.17) is 9.40 Å². The molecule has 3 heterocycles. The van der Waals surface area contributed by atoms with Gasteiger partial charge in [0.25, 0.3) is 0 Å². The normalized spacial score (nSPS) is 11.7. The number of furan rings is 1. The fourth-order valence-corrected chi connectivity index (χ4v) is 8.29. The molecule has 0 saturated carbocycles. The van der Waals surface area contributed by atoms with Gasteiger partial charge in [0.15, 0.2) is 5.58 Å². The van der Waals surface area contributed by atoms with Crippen molar-refractivity contribution in [3.05, 3.63) is 194 Å². The van der Waals surface area contributed by atoms with Crippen LogP contribution in [0.15, 0.2) is 199 Å². The van der Waals surface area contributed by atoms with E-state index in [-0.39, 0.29) is 0 Å². The Kier molecular flexibility index (Phi) is 6.86. The van der Waals surface area contributed by atoms with Crippen LogP contribution in [-0.2, 0) is 0 Å². The summed E-state index contributed by atoms with van der Waals surface area (Å²) in [7, 11) is 0. The highest BCUT2D eigenvalue weighted by Crippen LogP contribution is 2.44. The van der Waals surface area contributed by atoms with Crippen molar-refractivity contribution >= 4 is 54.6 Å². The number of rotatable bonds is 5. The topological polar surface area (TPSA) is 31.0 Å². The Morgan fingerprint density at radius 2 is 0.963 bits per heavy atom. The molecule has 11 rings (SSSR count). The minimum absolute atomic E-state index is 0.857. The number of benzene rings is 8. The van der Waals surface area contributed by atoms with Gasteiger partial charge in [-0.2, -0.15) is 0 Å². The lowest BCUT2D eigenvalue weighted by Crippen LogP contribution is -1.94. The van der Waals surface area contributed by atoms with Gasteiger partial charge in [0, 0.05) is 32.5 Å². The van der Waals surface area contributed by atoms with Crippen molar-refractivity contribution in [1.29, 1.82) is 0 Å². The Morgan fingerprint density at radius 3 is 1.63 bits per heavy atom. The largest absolute Gasteiger partial charge is 0.454 e. The molecular weight excluding hydrogens is 657 g/mol. The maximum absolute atomic E-state index is 6.94. The molecule has 0 saturated heterocycles. The van der Waals surface area contributed by atoms with Gasteiger partial charge in [-0.05, 0) is 81.9 Å². The Morgan fingerprint density at radius 1 is 0.389 bits per heavy atom. The molecule has 3 heteroatoms. The summed E-state index contributed by atoms with van der Waals surface area (Å²) in [6.45, 7) is 0. The quantitative estimate of drug-likeness (QED) is 0.180. The van der Waals surface area contributed by atoms with Crippen molar-refractivity contribution in [1.82, 2.24) is 9.55 Å². The monoisotopic (exact) mass is 688 g/mol. The van der Waals surface area contributed by atoms with Gasteiger partial charge in [0.05, 0.1) is 27.9 Å². The van der Waals surface area contributed by atoms with Crippen LogP contribution in [0.5, 0.6) is 0 Å². The molecule has 0 fully saturated rings. The van der Waals surface area contributed by atoms with Crippen LogP contribution in [0.2, 0.25) is 0 Å². The number of aromatic nitrogens is 2. The molecule has 0 aliphatic carbocycles. The number of para-hydroxylation sites is 2. The van der Waals surface area contributed by atoms with E-state index in [2.05, 4.69) is 193 Å². The SMILES string of the molecule is c1ccc(-c2ccc3c(c2)c2cc(-c4ccccc4)ccc2n3-c2cccc3c2oc2cccc(-c4cc(-c5ccccc5)nc5ccccc45)c23)cc1. The van der Waals surface area contributed by atoms with Crippen molar-refractivity contribution in [3.63, 3.8) is 0 Å². The van der Waals surface area contributed by atoms with E-state index in [1.54, 1.807) is 0 Å². The summed E-state index contributed by atoms with van der Waals surface area (Å²) in [6.07, 6.45) is 0.